The molecule has 1 amide bonds. The predicted octanol–water partition coefficient (Wildman–Crippen LogP) is 4.05. The standard InChI is InChI=1S/C19H15BrN2O4S/c20-15-4-1-2-6-18(15)27(24,25)21-14-7-8-16-13(12-14)9-10-22(16)19(23)17-5-3-11-26-17/h1-8,11-12,21H,9-10H2. The maximum atomic E-state index is 12.6. The Balaban J connectivity index is 1.60. The first-order valence-electron chi connectivity index (χ1n) is 8.21. The van der Waals surface area contributed by atoms with Gasteiger partial charge >= 0.3 is 0 Å². The van der Waals surface area contributed by atoms with Crippen LogP contribution in [0.4, 0.5) is 11.4 Å². The number of halogens is 1. The summed E-state index contributed by atoms with van der Waals surface area (Å²) in [6.07, 6.45) is 2.11. The van der Waals surface area contributed by atoms with Crippen molar-refractivity contribution in [2.75, 3.05) is 16.2 Å². The van der Waals surface area contributed by atoms with Gasteiger partial charge < -0.3 is 9.32 Å². The Kier molecular flexibility index (Phi) is 4.53. The number of furan rings is 1. The van der Waals surface area contributed by atoms with E-state index in [9.17, 15) is 13.2 Å². The Hall–Kier alpha value is -2.58. The topological polar surface area (TPSA) is 79.6 Å². The van der Waals surface area contributed by atoms with Crippen molar-refractivity contribution in [3.05, 3.63) is 76.7 Å². The van der Waals surface area contributed by atoms with Crippen LogP contribution in [0.5, 0.6) is 0 Å². The summed E-state index contributed by atoms with van der Waals surface area (Å²) in [5.74, 6) is 0.0712. The van der Waals surface area contributed by atoms with Gasteiger partial charge in [-0.1, -0.05) is 12.1 Å². The lowest BCUT2D eigenvalue weighted by Crippen LogP contribution is -2.28. The van der Waals surface area contributed by atoms with E-state index in [1.54, 1.807) is 53.4 Å². The van der Waals surface area contributed by atoms with Gasteiger partial charge in [0.2, 0.25) is 0 Å². The predicted molar refractivity (Wildman–Crippen MR) is 105 cm³/mol. The molecule has 0 spiro atoms. The van der Waals surface area contributed by atoms with Crippen LogP contribution >= 0.6 is 15.9 Å². The van der Waals surface area contributed by atoms with Crippen LogP contribution in [0.2, 0.25) is 0 Å². The van der Waals surface area contributed by atoms with Crippen LogP contribution in [-0.4, -0.2) is 20.9 Å². The highest BCUT2D eigenvalue weighted by Crippen LogP contribution is 2.33. The number of carbonyl (C=O) groups excluding carboxylic acids is 1. The number of nitrogens with zero attached hydrogens (tertiary/aromatic N) is 1. The Morgan fingerprint density at radius 3 is 2.67 bits per heavy atom. The van der Waals surface area contributed by atoms with Crippen LogP contribution in [0.25, 0.3) is 0 Å². The zero-order valence-electron chi connectivity index (χ0n) is 14.1. The highest BCUT2D eigenvalue weighted by molar-refractivity contribution is 9.10. The number of fused-ring (bicyclic) bond motifs is 1. The minimum atomic E-state index is -3.72. The summed E-state index contributed by atoms with van der Waals surface area (Å²) in [6.45, 7) is 0.523. The molecule has 0 unspecified atom stereocenters. The zero-order valence-corrected chi connectivity index (χ0v) is 16.5. The van der Waals surface area contributed by atoms with E-state index in [0.29, 0.717) is 23.1 Å². The Morgan fingerprint density at radius 1 is 1.11 bits per heavy atom. The van der Waals surface area contributed by atoms with Crippen molar-refractivity contribution in [1.29, 1.82) is 0 Å². The van der Waals surface area contributed by atoms with Gasteiger partial charge in [0.05, 0.1) is 6.26 Å². The fourth-order valence-electron chi connectivity index (χ4n) is 3.08. The van der Waals surface area contributed by atoms with Crippen molar-refractivity contribution >= 4 is 43.2 Å². The van der Waals surface area contributed by atoms with Gasteiger partial charge in [0, 0.05) is 22.4 Å². The molecule has 3 aromatic rings. The molecule has 0 saturated heterocycles. The van der Waals surface area contributed by atoms with Crippen LogP contribution < -0.4 is 9.62 Å². The van der Waals surface area contributed by atoms with Crippen LogP contribution in [0.1, 0.15) is 16.1 Å². The SMILES string of the molecule is O=C(c1ccco1)N1CCc2cc(NS(=O)(=O)c3ccccc3Br)ccc21. The Labute approximate surface area is 165 Å². The van der Waals surface area contributed by atoms with E-state index in [-0.39, 0.29) is 16.6 Å². The summed E-state index contributed by atoms with van der Waals surface area (Å²) in [7, 11) is -3.72. The quantitative estimate of drug-likeness (QED) is 0.655. The molecule has 2 heterocycles. The van der Waals surface area contributed by atoms with Gasteiger partial charge in [0.25, 0.3) is 15.9 Å². The third-order valence-corrected chi connectivity index (χ3v) is 6.72. The number of hydrogen-bond donors (Lipinski definition) is 1. The second-order valence-electron chi connectivity index (χ2n) is 6.06. The van der Waals surface area contributed by atoms with Gasteiger partial charge in [0.15, 0.2) is 5.76 Å². The molecule has 1 aromatic heterocycles. The highest BCUT2D eigenvalue weighted by atomic mass is 79.9. The van der Waals surface area contributed by atoms with E-state index < -0.39 is 10.0 Å². The lowest BCUT2D eigenvalue weighted by Gasteiger charge is -2.16. The van der Waals surface area contributed by atoms with Gasteiger partial charge in [-0.15, -0.1) is 0 Å². The first-order valence-corrected chi connectivity index (χ1v) is 10.5. The maximum absolute atomic E-state index is 12.6. The molecule has 1 aliphatic heterocycles. The molecule has 8 heteroatoms. The van der Waals surface area contributed by atoms with E-state index in [1.165, 1.54) is 12.3 Å². The van der Waals surface area contributed by atoms with Crippen LogP contribution in [0.3, 0.4) is 0 Å². The molecule has 27 heavy (non-hydrogen) atoms. The largest absolute Gasteiger partial charge is 0.459 e. The van der Waals surface area contributed by atoms with Gasteiger partial charge in [-0.2, -0.15) is 0 Å². The van der Waals surface area contributed by atoms with Gasteiger partial charge in [-0.25, -0.2) is 8.42 Å². The van der Waals surface area contributed by atoms with Crippen molar-refractivity contribution in [2.24, 2.45) is 0 Å². The second-order valence-corrected chi connectivity index (χ2v) is 8.57. The molecule has 0 saturated carbocycles. The summed E-state index contributed by atoms with van der Waals surface area (Å²) in [4.78, 5) is 14.3. The lowest BCUT2D eigenvalue weighted by molar-refractivity contribution is 0.0963. The van der Waals surface area contributed by atoms with E-state index >= 15 is 0 Å². The Morgan fingerprint density at radius 2 is 1.93 bits per heavy atom. The molecular formula is C19H15BrN2O4S. The molecular weight excluding hydrogens is 432 g/mol. The monoisotopic (exact) mass is 446 g/mol. The minimum absolute atomic E-state index is 0.167. The van der Waals surface area contributed by atoms with E-state index in [4.69, 9.17) is 4.42 Å². The molecule has 0 atom stereocenters. The highest BCUT2D eigenvalue weighted by Gasteiger charge is 2.27. The molecule has 0 radical (unpaired) electrons. The minimum Gasteiger partial charge on any atom is -0.459 e. The number of amides is 1. The Bertz CT molecular complexity index is 1110. The second kappa shape index (κ2) is 6.86. The lowest BCUT2D eigenvalue weighted by atomic mass is 10.1. The maximum Gasteiger partial charge on any atom is 0.293 e. The van der Waals surface area contributed by atoms with Crippen LogP contribution in [0.15, 0.2) is 74.6 Å². The molecule has 1 N–H and O–H groups in total. The van der Waals surface area contributed by atoms with Crippen molar-refractivity contribution in [3.8, 4) is 0 Å². The average molecular weight is 447 g/mol. The van der Waals surface area contributed by atoms with Gasteiger partial charge in [-0.05, 0) is 70.4 Å². The molecule has 2 aromatic carbocycles. The summed E-state index contributed by atoms with van der Waals surface area (Å²) in [5.41, 5.74) is 2.12. The molecule has 0 aliphatic carbocycles. The van der Waals surface area contributed by atoms with E-state index in [1.807, 2.05) is 0 Å². The van der Waals surface area contributed by atoms with Gasteiger partial charge in [0.1, 0.15) is 4.90 Å². The zero-order chi connectivity index (χ0) is 19.0. The number of carbonyl (C=O) groups is 1. The van der Waals surface area contributed by atoms with E-state index in [0.717, 1.165) is 11.3 Å². The molecule has 0 fully saturated rings. The molecule has 4 rings (SSSR count). The van der Waals surface area contributed by atoms with Crippen molar-refractivity contribution in [3.63, 3.8) is 0 Å². The fourth-order valence-corrected chi connectivity index (χ4v) is 5.14. The molecule has 138 valence electrons. The molecule has 0 bridgehead atoms. The van der Waals surface area contributed by atoms with Gasteiger partial charge in [-0.3, -0.25) is 9.52 Å². The summed E-state index contributed by atoms with van der Waals surface area (Å²) < 4.78 is 33.5. The number of rotatable bonds is 4. The summed E-state index contributed by atoms with van der Waals surface area (Å²) in [6, 6.07) is 15.1. The molecule has 6 nitrogen and oxygen atoms in total. The fraction of sp³-hybridized carbons (Fsp3) is 0.105. The number of sulfonamides is 1. The van der Waals surface area contributed by atoms with Crippen molar-refractivity contribution < 1.29 is 17.6 Å². The third-order valence-electron chi connectivity index (χ3n) is 4.33. The van der Waals surface area contributed by atoms with Crippen LogP contribution in [0, 0.1) is 0 Å². The average Bonchev–Trinajstić information content (AvgIpc) is 3.31. The summed E-state index contributed by atoms with van der Waals surface area (Å²) in [5, 5.41) is 0. The van der Waals surface area contributed by atoms with Crippen molar-refractivity contribution in [1.82, 2.24) is 0 Å². The normalized spacial score (nSPS) is 13.4. The first-order chi connectivity index (χ1) is 13.0. The number of nitrogens with one attached hydrogen (secondary N) is 1. The number of anilines is 2. The number of benzene rings is 2. The summed E-state index contributed by atoms with van der Waals surface area (Å²) >= 11 is 3.27. The van der Waals surface area contributed by atoms with Crippen LogP contribution in [-0.2, 0) is 16.4 Å². The smallest absolute Gasteiger partial charge is 0.293 e. The number of hydrogen-bond acceptors (Lipinski definition) is 4. The van der Waals surface area contributed by atoms with E-state index in [2.05, 4.69) is 20.7 Å². The molecule has 1 aliphatic rings. The first kappa shape index (κ1) is 17.8. The third kappa shape index (κ3) is 3.38. The van der Waals surface area contributed by atoms with Crippen molar-refractivity contribution in [2.45, 2.75) is 11.3 Å².